The van der Waals surface area contributed by atoms with Crippen molar-refractivity contribution in [3.8, 4) is 0 Å². The van der Waals surface area contributed by atoms with Gasteiger partial charge in [-0.25, -0.2) is 0 Å². The van der Waals surface area contributed by atoms with Crippen molar-refractivity contribution in [3.05, 3.63) is 0 Å². The van der Waals surface area contributed by atoms with E-state index in [1.54, 1.807) is 0 Å². The zero-order valence-corrected chi connectivity index (χ0v) is 26.7. The SMILES string of the molecule is CCCCCCOCCOCCOCCOCCOCCOCCOCCOCCOCCOCCOCCOCC. The van der Waals surface area contributed by atoms with Gasteiger partial charge in [0.1, 0.15) is 0 Å². The molecule has 0 aliphatic heterocycles. The van der Waals surface area contributed by atoms with Crippen molar-refractivity contribution in [1.29, 1.82) is 0 Å². The van der Waals surface area contributed by atoms with Gasteiger partial charge in [-0.05, 0) is 13.3 Å². The summed E-state index contributed by atoms with van der Waals surface area (Å²) in [5.74, 6) is 0. The largest absolute Gasteiger partial charge is 0.379 e. The lowest BCUT2D eigenvalue weighted by Crippen LogP contribution is -2.15. The van der Waals surface area contributed by atoms with Crippen LogP contribution in [0.2, 0.25) is 0 Å². The number of hydrogen-bond donors (Lipinski definition) is 0. The molecule has 0 aromatic heterocycles. The standard InChI is InChI=1S/C30H62O12/c1-3-5-6-7-8-32-11-12-34-15-16-36-19-20-38-23-24-40-27-28-42-30-29-41-26-25-39-22-21-37-18-17-35-14-13-33-10-9-31-4-2/h3-30H2,1-2H3. The van der Waals surface area contributed by atoms with E-state index in [4.69, 9.17) is 56.8 Å². The number of ether oxygens (including phenoxy) is 12. The van der Waals surface area contributed by atoms with E-state index in [2.05, 4.69) is 6.92 Å². The van der Waals surface area contributed by atoms with Crippen LogP contribution >= 0.6 is 0 Å². The molecule has 0 rings (SSSR count). The third kappa shape index (κ3) is 39.5. The van der Waals surface area contributed by atoms with Gasteiger partial charge in [-0.15, -0.1) is 0 Å². The first kappa shape index (κ1) is 41.5. The Balaban J connectivity index is 3.02. The molecule has 0 aromatic rings. The predicted molar refractivity (Wildman–Crippen MR) is 160 cm³/mol. The van der Waals surface area contributed by atoms with E-state index in [0.29, 0.717) is 152 Å². The summed E-state index contributed by atoms with van der Waals surface area (Å²) in [5, 5.41) is 0. The Hall–Kier alpha value is -0.480. The highest BCUT2D eigenvalue weighted by Gasteiger charge is 1.96. The lowest BCUT2D eigenvalue weighted by molar-refractivity contribution is -0.0282. The first-order valence-corrected chi connectivity index (χ1v) is 15.8. The van der Waals surface area contributed by atoms with Crippen LogP contribution in [0.15, 0.2) is 0 Å². The summed E-state index contributed by atoms with van der Waals surface area (Å²) in [6, 6.07) is 0. The fraction of sp³-hybridized carbons (Fsp3) is 1.00. The second kappa shape index (κ2) is 40.5. The van der Waals surface area contributed by atoms with Crippen LogP contribution in [0.5, 0.6) is 0 Å². The summed E-state index contributed by atoms with van der Waals surface area (Å²) in [6.07, 6.45) is 4.90. The summed E-state index contributed by atoms with van der Waals surface area (Å²) in [5.41, 5.74) is 0. The molecule has 0 unspecified atom stereocenters. The molecule has 0 N–H and O–H groups in total. The van der Waals surface area contributed by atoms with Gasteiger partial charge in [-0.3, -0.25) is 0 Å². The molecule has 0 spiro atoms. The van der Waals surface area contributed by atoms with Gasteiger partial charge in [-0.2, -0.15) is 0 Å². The average Bonchev–Trinajstić information content (AvgIpc) is 3.00. The highest BCUT2D eigenvalue weighted by atomic mass is 16.6. The topological polar surface area (TPSA) is 111 Å². The molecule has 0 aliphatic carbocycles. The Morgan fingerprint density at radius 2 is 0.429 bits per heavy atom. The van der Waals surface area contributed by atoms with Gasteiger partial charge in [0.05, 0.1) is 145 Å². The van der Waals surface area contributed by atoms with Crippen LogP contribution in [0.3, 0.4) is 0 Å². The summed E-state index contributed by atoms with van der Waals surface area (Å²) in [6.45, 7) is 17.8. The third-order valence-corrected chi connectivity index (χ3v) is 5.44. The van der Waals surface area contributed by atoms with Gasteiger partial charge in [0.15, 0.2) is 0 Å². The fourth-order valence-electron chi connectivity index (χ4n) is 3.19. The van der Waals surface area contributed by atoms with Gasteiger partial charge < -0.3 is 56.8 Å². The normalized spacial score (nSPS) is 11.6. The molecule has 0 amide bonds. The summed E-state index contributed by atoms with van der Waals surface area (Å²) < 4.78 is 65.3. The van der Waals surface area contributed by atoms with Crippen molar-refractivity contribution >= 4 is 0 Å². The van der Waals surface area contributed by atoms with Gasteiger partial charge in [0.2, 0.25) is 0 Å². The number of rotatable bonds is 39. The van der Waals surface area contributed by atoms with Gasteiger partial charge in [-0.1, -0.05) is 26.2 Å². The molecule has 42 heavy (non-hydrogen) atoms. The van der Waals surface area contributed by atoms with E-state index in [1.165, 1.54) is 19.3 Å². The van der Waals surface area contributed by atoms with Crippen molar-refractivity contribution in [3.63, 3.8) is 0 Å². The van der Waals surface area contributed by atoms with Crippen molar-refractivity contribution in [2.24, 2.45) is 0 Å². The van der Waals surface area contributed by atoms with Crippen LogP contribution < -0.4 is 0 Å². The molecule has 0 radical (unpaired) electrons. The maximum Gasteiger partial charge on any atom is 0.0701 e. The van der Waals surface area contributed by atoms with E-state index >= 15 is 0 Å². The molecular formula is C30H62O12. The number of unbranched alkanes of at least 4 members (excludes halogenated alkanes) is 3. The van der Waals surface area contributed by atoms with E-state index in [0.717, 1.165) is 13.0 Å². The molecule has 12 nitrogen and oxygen atoms in total. The van der Waals surface area contributed by atoms with Crippen molar-refractivity contribution < 1.29 is 56.8 Å². The Labute approximate surface area is 255 Å². The minimum Gasteiger partial charge on any atom is -0.379 e. The minimum atomic E-state index is 0.521. The zero-order valence-electron chi connectivity index (χ0n) is 26.7. The molecule has 0 atom stereocenters. The van der Waals surface area contributed by atoms with Crippen molar-refractivity contribution in [2.75, 3.05) is 159 Å². The molecular weight excluding hydrogens is 552 g/mol. The summed E-state index contributed by atoms with van der Waals surface area (Å²) >= 11 is 0. The lowest BCUT2D eigenvalue weighted by Gasteiger charge is -2.09. The first-order chi connectivity index (χ1) is 20.9. The maximum atomic E-state index is 5.52. The Morgan fingerprint density at radius 3 is 0.643 bits per heavy atom. The summed E-state index contributed by atoms with van der Waals surface area (Å²) in [4.78, 5) is 0. The first-order valence-electron chi connectivity index (χ1n) is 15.8. The van der Waals surface area contributed by atoms with Crippen LogP contribution in [0.1, 0.15) is 39.5 Å². The van der Waals surface area contributed by atoms with Crippen LogP contribution in [-0.2, 0) is 56.8 Å². The second-order valence-corrected chi connectivity index (χ2v) is 8.99. The van der Waals surface area contributed by atoms with E-state index in [9.17, 15) is 0 Å². The Kier molecular flexibility index (Phi) is 40.1. The van der Waals surface area contributed by atoms with Gasteiger partial charge in [0.25, 0.3) is 0 Å². The highest BCUT2D eigenvalue weighted by molar-refractivity contribution is 4.41. The third-order valence-electron chi connectivity index (χ3n) is 5.44. The van der Waals surface area contributed by atoms with Crippen molar-refractivity contribution in [1.82, 2.24) is 0 Å². The molecule has 0 bridgehead atoms. The monoisotopic (exact) mass is 614 g/mol. The summed E-state index contributed by atoms with van der Waals surface area (Å²) in [7, 11) is 0. The van der Waals surface area contributed by atoms with Crippen LogP contribution in [-0.4, -0.2) is 159 Å². The molecule has 12 heteroatoms. The van der Waals surface area contributed by atoms with Crippen LogP contribution in [0, 0.1) is 0 Å². The average molecular weight is 615 g/mol. The fourth-order valence-corrected chi connectivity index (χ4v) is 3.19. The van der Waals surface area contributed by atoms with E-state index in [1.807, 2.05) is 6.92 Å². The van der Waals surface area contributed by atoms with Crippen LogP contribution in [0.4, 0.5) is 0 Å². The van der Waals surface area contributed by atoms with E-state index in [-0.39, 0.29) is 0 Å². The molecule has 254 valence electrons. The Bertz CT molecular complexity index is 422. The quantitative estimate of drug-likeness (QED) is 0.0950. The Morgan fingerprint density at radius 1 is 0.214 bits per heavy atom. The smallest absolute Gasteiger partial charge is 0.0701 e. The second-order valence-electron chi connectivity index (χ2n) is 8.99. The number of hydrogen-bond acceptors (Lipinski definition) is 12. The molecule has 0 aromatic carbocycles. The highest BCUT2D eigenvalue weighted by Crippen LogP contribution is 1.98. The zero-order chi connectivity index (χ0) is 30.3. The molecule has 0 heterocycles. The predicted octanol–water partition coefficient (Wildman–Crippen LogP) is 2.79. The molecule has 0 fully saturated rings. The lowest BCUT2D eigenvalue weighted by atomic mass is 10.2. The van der Waals surface area contributed by atoms with Gasteiger partial charge in [0, 0.05) is 13.2 Å². The van der Waals surface area contributed by atoms with Crippen molar-refractivity contribution in [2.45, 2.75) is 39.5 Å². The van der Waals surface area contributed by atoms with Gasteiger partial charge >= 0.3 is 0 Å². The van der Waals surface area contributed by atoms with Crippen LogP contribution in [0.25, 0.3) is 0 Å². The minimum absolute atomic E-state index is 0.521. The molecule has 0 saturated heterocycles. The maximum absolute atomic E-state index is 5.52. The molecule has 0 saturated carbocycles. The molecule has 0 aliphatic rings. The van der Waals surface area contributed by atoms with E-state index < -0.39 is 0 Å².